The highest BCUT2D eigenvalue weighted by Crippen LogP contribution is 2.21. The Bertz CT molecular complexity index is 170. The first-order valence-corrected chi connectivity index (χ1v) is 2.89. The summed E-state index contributed by atoms with van der Waals surface area (Å²) in [6.07, 6.45) is 1.85. The van der Waals surface area contributed by atoms with E-state index in [1.54, 1.807) is 0 Å². The van der Waals surface area contributed by atoms with Gasteiger partial charge in [-0.2, -0.15) is 10.2 Å². The van der Waals surface area contributed by atoms with Crippen LogP contribution < -0.4 is 0 Å². The summed E-state index contributed by atoms with van der Waals surface area (Å²) in [7, 11) is 0. The molecule has 9 heavy (non-hydrogen) atoms. The molecule has 0 fully saturated rings. The van der Waals surface area contributed by atoms with Gasteiger partial charge in [-0.15, -0.1) is 0 Å². The Hall–Kier alpha value is -0.700. The van der Waals surface area contributed by atoms with Crippen molar-refractivity contribution < 1.29 is 5.11 Å². The maximum absolute atomic E-state index is 8.58. The molecule has 1 rings (SSSR count). The lowest BCUT2D eigenvalue weighted by Crippen LogP contribution is -2.08. The molecule has 0 spiro atoms. The zero-order valence-electron chi connectivity index (χ0n) is 5.63. The third-order valence-corrected chi connectivity index (χ3v) is 1.12. The van der Waals surface area contributed by atoms with E-state index >= 15 is 0 Å². The maximum Gasteiger partial charge on any atom is 0.0965 e. The van der Waals surface area contributed by atoms with Crippen molar-refractivity contribution in [3.63, 3.8) is 0 Å². The molecule has 0 bridgehead atoms. The lowest BCUT2D eigenvalue weighted by atomic mass is 10.1. The molecule has 3 nitrogen and oxygen atoms in total. The quantitative estimate of drug-likeness (QED) is 0.562. The molecule has 0 aromatic rings. The van der Waals surface area contributed by atoms with E-state index in [-0.39, 0.29) is 12.1 Å². The normalized spacial score (nSPS) is 22.3. The van der Waals surface area contributed by atoms with Gasteiger partial charge in [-0.3, -0.25) is 0 Å². The number of hydrogen-bond acceptors (Lipinski definition) is 3. The molecule has 50 valence electrons. The van der Waals surface area contributed by atoms with Crippen molar-refractivity contribution in [2.75, 3.05) is 6.61 Å². The third-order valence-electron chi connectivity index (χ3n) is 1.12. The van der Waals surface area contributed by atoms with E-state index in [9.17, 15) is 0 Å². The van der Waals surface area contributed by atoms with Gasteiger partial charge in [-0.25, -0.2) is 0 Å². The second-order valence-corrected chi connectivity index (χ2v) is 2.65. The molecule has 1 aliphatic heterocycles. The molecule has 0 atom stereocenters. The Kier molecular flexibility index (Phi) is 1.37. The number of hydrogen-bond donors (Lipinski definition) is 1. The van der Waals surface area contributed by atoms with Crippen molar-refractivity contribution in [3.8, 4) is 0 Å². The minimum atomic E-state index is -0.196. The summed E-state index contributed by atoms with van der Waals surface area (Å²) in [5.74, 6) is 0. The van der Waals surface area contributed by atoms with Gasteiger partial charge in [0.05, 0.1) is 17.8 Å². The molecule has 0 saturated heterocycles. The summed E-state index contributed by atoms with van der Waals surface area (Å²) < 4.78 is 0. The van der Waals surface area contributed by atoms with Crippen LogP contribution >= 0.6 is 0 Å². The Balaban J connectivity index is 2.74. The van der Waals surface area contributed by atoms with Crippen molar-refractivity contribution in [2.45, 2.75) is 19.4 Å². The van der Waals surface area contributed by atoms with Crippen molar-refractivity contribution in [1.29, 1.82) is 0 Å². The number of aliphatic hydroxyl groups excluding tert-OH is 1. The van der Waals surface area contributed by atoms with E-state index in [2.05, 4.69) is 10.2 Å². The summed E-state index contributed by atoms with van der Waals surface area (Å²) >= 11 is 0. The highest BCUT2D eigenvalue weighted by Gasteiger charge is 2.18. The van der Waals surface area contributed by atoms with Crippen LogP contribution in [0.1, 0.15) is 13.8 Å². The third kappa shape index (κ3) is 1.36. The van der Waals surface area contributed by atoms with Crippen molar-refractivity contribution in [3.05, 3.63) is 11.8 Å². The van der Waals surface area contributed by atoms with Gasteiger partial charge in [0.1, 0.15) is 0 Å². The number of rotatable bonds is 1. The lowest BCUT2D eigenvalue weighted by Gasteiger charge is -2.04. The number of aliphatic hydroxyl groups is 1. The largest absolute Gasteiger partial charge is 0.390 e. The van der Waals surface area contributed by atoms with Gasteiger partial charge in [0, 0.05) is 0 Å². The standard InChI is InChI=1S/C6H10N2O/c1-6(2)3-5(4-9)7-8-6/h3,9H,4H2,1-2H3. The van der Waals surface area contributed by atoms with Crippen molar-refractivity contribution >= 4 is 0 Å². The van der Waals surface area contributed by atoms with E-state index in [1.807, 2.05) is 19.9 Å². The second kappa shape index (κ2) is 1.92. The van der Waals surface area contributed by atoms with E-state index in [4.69, 9.17) is 5.11 Å². The molecule has 0 aliphatic carbocycles. The summed E-state index contributed by atoms with van der Waals surface area (Å²) in [6, 6.07) is 0. The van der Waals surface area contributed by atoms with Gasteiger partial charge >= 0.3 is 0 Å². The molecule has 3 heteroatoms. The van der Waals surface area contributed by atoms with Crippen LogP contribution in [-0.4, -0.2) is 17.3 Å². The molecular weight excluding hydrogens is 116 g/mol. The molecule has 1 aliphatic rings. The van der Waals surface area contributed by atoms with Gasteiger partial charge in [0.25, 0.3) is 0 Å². The fraction of sp³-hybridized carbons (Fsp3) is 0.667. The molecule has 0 saturated carbocycles. The molecule has 1 N–H and O–H groups in total. The zero-order valence-corrected chi connectivity index (χ0v) is 5.63. The highest BCUT2D eigenvalue weighted by atomic mass is 16.3. The van der Waals surface area contributed by atoms with Gasteiger partial charge in [-0.1, -0.05) is 0 Å². The van der Waals surface area contributed by atoms with Gasteiger partial charge in [0.2, 0.25) is 0 Å². The van der Waals surface area contributed by atoms with Crippen LogP contribution in [0.3, 0.4) is 0 Å². The summed E-state index contributed by atoms with van der Waals surface area (Å²) in [5, 5.41) is 16.2. The highest BCUT2D eigenvalue weighted by molar-refractivity contribution is 5.14. The Morgan fingerprint density at radius 1 is 1.67 bits per heavy atom. The second-order valence-electron chi connectivity index (χ2n) is 2.65. The van der Waals surface area contributed by atoms with E-state index in [1.165, 1.54) is 0 Å². The molecular formula is C6H10N2O. The lowest BCUT2D eigenvalue weighted by molar-refractivity contribution is 0.329. The number of nitrogens with zero attached hydrogens (tertiary/aromatic N) is 2. The number of azo groups is 1. The van der Waals surface area contributed by atoms with Gasteiger partial charge < -0.3 is 5.11 Å². The predicted octanol–water partition coefficient (Wildman–Crippen LogP) is 1.11. The van der Waals surface area contributed by atoms with Crippen LogP contribution in [0.2, 0.25) is 0 Å². The van der Waals surface area contributed by atoms with Crippen LogP contribution in [0.15, 0.2) is 22.0 Å². The van der Waals surface area contributed by atoms with E-state index in [0.717, 1.165) is 0 Å². The first-order chi connectivity index (χ1) is 4.14. The van der Waals surface area contributed by atoms with E-state index < -0.39 is 0 Å². The van der Waals surface area contributed by atoms with Crippen LogP contribution in [0.4, 0.5) is 0 Å². The SMILES string of the molecule is CC1(C)C=C(CO)N=N1. The van der Waals surface area contributed by atoms with Crippen molar-refractivity contribution in [2.24, 2.45) is 10.2 Å². The monoisotopic (exact) mass is 126 g/mol. The van der Waals surface area contributed by atoms with Crippen LogP contribution in [0, 0.1) is 0 Å². The summed E-state index contributed by atoms with van der Waals surface area (Å²) in [5.41, 5.74) is 0.470. The fourth-order valence-corrected chi connectivity index (χ4v) is 0.736. The van der Waals surface area contributed by atoms with Crippen LogP contribution in [0.5, 0.6) is 0 Å². The minimum Gasteiger partial charge on any atom is -0.390 e. The molecule has 1 heterocycles. The molecule has 0 radical (unpaired) electrons. The van der Waals surface area contributed by atoms with Crippen molar-refractivity contribution in [1.82, 2.24) is 0 Å². The average Bonchev–Trinajstić information content (AvgIpc) is 2.10. The molecule has 0 unspecified atom stereocenters. The van der Waals surface area contributed by atoms with E-state index in [0.29, 0.717) is 5.70 Å². The van der Waals surface area contributed by atoms with Crippen LogP contribution in [0.25, 0.3) is 0 Å². The first kappa shape index (κ1) is 6.42. The first-order valence-electron chi connectivity index (χ1n) is 2.89. The Morgan fingerprint density at radius 2 is 2.33 bits per heavy atom. The Morgan fingerprint density at radius 3 is 2.56 bits per heavy atom. The predicted molar refractivity (Wildman–Crippen MR) is 34.1 cm³/mol. The van der Waals surface area contributed by atoms with Crippen LogP contribution in [-0.2, 0) is 0 Å². The average molecular weight is 126 g/mol. The van der Waals surface area contributed by atoms with Gasteiger partial charge in [-0.05, 0) is 19.9 Å². The molecule has 0 aromatic carbocycles. The topological polar surface area (TPSA) is 45.0 Å². The zero-order chi connectivity index (χ0) is 6.91. The fourth-order valence-electron chi connectivity index (χ4n) is 0.736. The summed E-state index contributed by atoms with van der Waals surface area (Å²) in [6.45, 7) is 3.88. The Labute approximate surface area is 54.1 Å². The van der Waals surface area contributed by atoms with Gasteiger partial charge in [0.15, 0.2) is 0 Å². The molecule has 0 aromatic heterocycles. The minimum absolute atomic E-state index is 0.00701. The summed E-state index contributed by atoms with van der Waals surface area (Å²) in [4.78, 5) is 0. The maximum atomic E-state index is 8.58. The molecule has 0 amide bonds. The smallest absolute Gasteiger partial charge is 0.0965 e.